The van der Waals surface area contributed by atoms with E-state index in [0.717, 1.165) is 24.0 Å². The maximum absolute atomic E-state index is 11.7. The summed E-state index contributed by atoms with van der Waals surface area (Å²) in [6.07, 6.45) is 3.04. The number of aryl methyl sites for hydroxylation is 1. The summed E-state index contributed by atoms with van der Waals surface area (Å²) in [5.41, 5.74) is 2.11. The molecule has 23 heavy (non-hydrogen) atoms. The van der Waals surface area contributed by atoms with E-state index in [1.54, 1.807) is 6.92 Å². The average Bonchev–Trinajstić information content (AvgIpc) is 2.92. The van der Waals surface area contributed by atoms with Gasteiger partial charge < -0.3 is 20.3 Å². The van der Waals surface area contributed by atoms with Gasteiger partial charge in [0.2, 0.25) is 0 Å². The second-order valence-electron chi connectivity index (χ2n) is 6.11. The molecule has 0 aliphatic heterocycles. The molecule has 1 aromatic heterocycles. The Morgan fingerprint density at radius 2 is 2.09 bits per heavy atom. The van der Waals surface area contributed by atoms with E-state index in [9.17, 15) is 9.90 Å². The van der Waals surface area contributed by atoms with Gasteiger partial charge in [-0.25, -0.2) is 9.78 Å². The van der Waals surface area contributed by atoms with E-state index >= 15 is 0 Å². The van der Waals surface area contributed by atoms with Crippen molar-refractivity contribution in [3.05, 3.63) is 30.6 Å². The zero-order valence-electron chi connectivity index (χ0n) is 13.8. The lowest BCUT2D eigenvalue weighted by molar-refractivity contribution is 0.163. The summed E-state index contributed by atoms with van der Waals surface area (Å²) in [4.78, 5) is 16.1. The summed E-state index contributed by atoms with van der Waals surface area (Å²) >= 11 is 0. The summed E-state index contributed by atoms with van der Waals surface area (Å²) in [5.74, 6) is 0.262. The first kappa shape index (κ1) is 17.3. The molecule has 2 atom stereocenters. The molecule has 2 amide bonds. The van der Waals surface area contributed by atoms with Crippen LogP contribution in [0.25, 0.3) is 11.0 Å². The fraction of sp³-hybridized carbons (Fsp3) is 0.529. The van der Waals surface area contributed by atoms with Crippen LogP contribution in [0.4, 0.5) is 4.79 Å². The number of imidazole rings is 1. The summed E-state index contributed by atoms with van der Waals surface area (Å²) in [7, 11) is 0. The van der Waals surface area contributed by atoms with Gasteiger partial charge in [0.05, 0.1) is 23.5 Å². The van der Waals surface area contributed by atoms with Gasteiger partial charge in [-0.1, -0.05) is 19.1 Å². The van der Waals surface area contributed by atoms with E-state index in [1.165, 1.54) is 0 Å². The Bertz CT molecular complexity index is 624. The number of amides is 2. The molecule has 6 nitrogen and oxygen atoms in total. The first-order chi connectivity index (χ1) is 11.1. The highest BCUT2D eigenvalue weighted by Gasteiger charge is 2.08. The van der Waals surface area contributed by atoms with E-state index in [2.05, 4.69) is 20.2 Å². The number of nitrogens with zero attached hydrogens (tertiary/aromatic N) is 2. The number of para-hydroxylation sites is 2. The normalized spacial score (nSPS) is 13.7. The van der Waals surface area contributed by atoms with Crippen LogP contribution in [0.5, 0.6) is 0 Å². The molecule has 2 unspecified atom stereocenters. The fourth-order valence-electron chi connectivity index (χ4n) is 2.63. The first-order valence-electron chi connectivity index (χ1n) is 8.16. The molecular weight excluding hydrogens is 292 g/mol. The minimum atomic E-state index is -0.333. The van der Waals surface area contributed by atoms with Crippen LogP contribution in [0.1, 0.15) is 26.7 Å². The third-order valence-corrected chi connectivity index (χ3v) is 3.74. The Morgan fingerprint density at radius 1 is 1.30 bits per heavy atom. The van der Waals surface area contributed by atoms with Crippen LogP contribution < -0.4 is 10.6 Å². The van der Waals surface area contributed by atoms with Gasteiger partial charge in [0, 0.05) is 19.6 Å². The van der Waals surface area contributed by atoms with Gasteiger partial charge in [-0.15, -0.1) is 0 Å². The Labute approximate surface area is 136 Å². The minimum absolute atomic E-state index is 0.155. The molecule has 0 saturated heterocycles. The smallest absolute Gasteiger partial charge is 0.314 e. The molecule has 0 saturated carbocycles. The van der Waals surface area contributed by atoms with Crippen molar-refractivity contribution < 1.29 is 9.90 Å². The van der Waals surface area contributed by atoms with Crippen LogP contribution in [-0.4, -0.2) is 39.9 Å². The number of carbonyl (C=O) groups is 1. The molecule has 126 valence electrons. The molecular formula is C17H26N4O2. The van der Waals surface area contributed by atoms with Gasteiger partial charge in [0.1, 0.15) is 0 Å². The van der Waals surface area contributed by atoms with Gasteiger partial charge in [0.25, 0.3) is 0 Å². The topological polar surface area (TPSA) is 79.2 Å². The van der Waals surface area contributed by atoms with E-state index in [4.69, 9.17) is 0 Å². The highest BCUT2D eigenvalue weighted by atomic mass is 16.3. The van der Waals surface area contributed by atoms with Crippen LogP contribution in [0, 0.1) is 5.92 Å². The largest absolute Gasteiger partial charge is 0.393 e. The number of hydrogen-bond donors (Lipinski definition) is 3. The predicted octanol–water partition coefficient (Wildman–Crippen LogP) is 2.13. The lowest BCUT2D eigenvalue weighted by atomic mass is 10.1. The number of aliphatic hydroxyl groups excluding tert-OH is 1. The Kier molecular flexibility index (Phi) is 6.40. The number of carbonyl (C=O) groups excluding carboxylic acids is 1. The first-order valence-corrected chi connectivity index (χ1v) is 8.16. The van der Waals surface area contributed by atoms with Crippen LogP contribution in [0.3, 0.4) is 0 Å². The number of aromatic nitrogens is 2. The molecule has 0 spiro atoms. The predicted molar refractivity (Wildman–Crippen MR) is 91.2 cm³/mol. The third-order valence-electron chi connectivity index (χ3n) is 3.74. The van der Waals surface area contributed by atoms with E-state index in [-0.39, 0.29) is 18.1 Å². The Morgan fingerprint density at radius 3 is 2.87 bits per heavy atom. The fourth-order valence-corrected chi connectivity index (χ4v) is 2.63. The number of urea groups is 1. The molecule has 1 heterocycles. The third kappa shape index (κ3) is 5.56. The molecule has 2 aromatic rings. The minimum Gasteiger partial charge on any atom is -0.393 e. The lowest BCUT2D eigenvalue weighted by Gasteiger charge is -2.14. The van der Waals surface area contributed by atoms with Gasteiger partial charge >= 0.3 is 6.03 Å². The highest BCUT2D eigenvalue weighted by molar-refractivity contribution is 5.75. The van der Waals surface area contributed by atoms with Crippen LogP contribution in [-0.2, 0) is 6.54 Å². The highest BCUT2D eigenvalue weighted by Crippen LogP contribution is 2.11. The quantitative estimate of drug-likeness (QED) is 0.652. The lowest BCUT2D eigenvalue weighted by Crippen LogP contribution is -2.38. The number of fused-ring (bicyclic) bond motifs is 1. The van der Waals surface area contributed by atoms with Gasteiger partial charge in [-0.3, -0.25) is 0 Å². The standard InChI is InChI=1S/C17H26N4O2/c1-13(10-14(2)22)11-19-17(23)18-8-5-9-21-12-20-15-6-3-4-7-16(15)21/h3-4,6-7,12-14,22H,5,8-11H2,1-2H3,(H2,18,19,23). The second-order valence-corrected chi connectivity index (χ2v) is 6.11. The van der Waals surface area contributed by atoms with Gasteiger partial charge in [-0.2, -0.15) is 0 Å². The van der Waals surface area contributed by atoms with Gasteiger partial charge in [-0.05, 0) is 37.8 Å². The van der Waals surface area contributed by atoms with E-state index < -0.39 is 0 Å². The molecule has 1 aromatic carbocycles. The summed E-state index contributed by atoms with van der Waals surface area (Å²) < 4.78 is 2.10. The van der Waals surface area contributed by atoms with Crippen LogP contribution >= 0.6 is 0 Å². The summed E-state index contributed by atoms with van der Waals surface area (Å²) in [5, 5.41) is 15.0. The second kappa shape index (κ2) is 8.53. The number of benzene rings is 1. The van der Waals surface area contributed by atoms with Crippen molar-refractivity contribution >= 4 is 17.1 Å². The number of nitrogens with one attached hydrogen (secondary N) is 2. The number of hydrogen-bond acceptors (Lipinski definition) is 3. The van der Waals surface area contributed by atoms with E-state index in [1.807, 2.05) is 37.5 Å². The van der Waals surface area contributed by atoms with Crippen LogP contribution in [0.15, 0.2) is 30.6 Å². The molecule has 3 N–H and O–H groups in total. The van der Waals surface area contributed by atoms with E-state index in [0.29, 0.717) is 19.5 Å². The maximum Gasteiger partial charge on any atom is 0.314 e. The monoisotopic (exact) mass is 318 g/mol. The molecule has 0 bridgehead atoms. The Balaban J connectivity index is 1.64. The number of rotatable bonds is 8. The van der Waals surface area contributed by atoms with Gasteiger partial charge in [0.15, 0.2) is 0 Å². The van der Waals surface area contributed by atoms with Crippen LogP contribution in [0.2, 0.25) is 0 Å². The zero-order valence-corrected chi connectivity index (χ0v) is 13.8. The average molecular weight is 318 g/mol. The van der Waals surface area contributed by atoms with Crippen molar-refractivity contribution in [3.63, 3.8) is 0 Å². The molecule has 0 fully saturated rings. The van der Waals surface area contributed by atoms with Crippen molar-refractivity contribution in [1.29, 1.82) is 0 Å². The zero-order chi connectivity index (χ0) is 16.7. The summed E-state index contributed by atoms with van der Waals surface area (Å²) in [6, 6.07) is 7.86. The Hall–Kier alpha value is -2.08. The number of aliphatic hydroxyl groups is 1. The van der Waals surface area contributed by atoms with Crippen molar-refractivity contribution in [2.45, 2.75) is 39.3 Å². The molecule has 6 heteroatoms. The maximum atomic E-state index is 11.7. The van der Waals surface area contributed by atoms with Crippen molar-refractivity contribution in [2.75, 3.05) is 13.1 Å². The SMILES string of the molecule is CC(O)CC(C)CNC(=O)NCCCn1cnc2ccccc21. The summed E-state index contributed by atoms with van der Waals surface area (Å²) in [6.45, 7) is 5.78. The van der Waals surface area contributed by atoms with Crippen molar-refractivity contribution in [3.8, 4) is 0 Å². The molecule has 0 aliphatic rings. The van der Waals surface area contributed by atoms with Crippen molar-refractivity contribution in [2.24, 2.45) is 5.92 Å². The van der Waals surface area contributed by atoms with Crippen molar-refractivity contribution in [1.82, 2.24) is 20.2 Å². The molecule has 2 rings (SSSR count). The molecule has 0 aliphatic carbocycles. The molecule has 0 radical (unpaired) electrons.